The van der Waals surface area contributed by atoms with E-state index in [9.17, 15) is 9.90 Å². The molecule has 1 unspecified atom stereocenters. The van der Waals surface area contributed by atoms with Crippen molar-refractivity contribution in [2.45, 2.75) is 18.9 Å². The summed E-state index contributed by atoms with van der Waals surface area (Å²) in [5, 5.41) is 13.2. The van der Waals surface area contributed by atoms with Crippen LogP contribution in [0.25, 0.3) is 0 Å². The molecule has 20 heavy (non-hydrogen) atoms. The lowest BCUT2D eigenvalue weighted by molar-refractivity contribution is -0.139. The van der Waals surface area contributed by atoms with Crippen molar-refractivity contribution in [3.05, 3.63) is 41.4 Å². The number of hydrogen-bond acceptors (Lipinski definition) is 6. The average Bonchev–Trinajstić information content (AvgIpc) is 2.75. The number of pyridine rings is 1. The van der Waals surface area contributed by atoms with E-state index < -0.39 is 12.1 Å². The van der Waals surface area contributed by atoms with E-state index in [1.54, 1.807) is 6.20 Å². The molecule has 3 heterocycles. The number of aliphatic hydroxyl groups excluding tert-OH is 1. The summed E-state index contributed by atoms with van der Waals surface area (Å²) >= 11 is 0. The molecule has 2 aliphatic heterocycles. The Morgan fingerprint density at radius 3 is 3.05 bits per heavy atom. The van der Waals surface area contributed by atoms with Gasteiger partial charge >= 0.3 is 5.97 Å². The van der Waals surface area contributed by atoms with Gasteiger partial charge in [-0.2, -0.15) is 0 Å². The van der Waals surface area contributed by atoms with Gasteiger partial charge in [0.1, 0.15) is 11.4 Å². The topological polar surface area (TPSA) is 83.8 Å². The van der Waals surface area contributed by atoms with Crippen molar-refractivity contribution in [3.8, 4) is 0 Å². The van der Waals surface area contributed by atoms with Crippen molar-refractivity contribution in [2.24, 2.45) is 4.99 Å². The highest BCUT2D eigenvalue weighted by Gasteiger charge is 2.37. The first-order valence-corrected chi connectivity index (χ1v) is 6.58. The molecule has 1 aromatic heterocycles. The van der Waals surface area contributed by atoms with E-state index in [2.05, 4.69) is 15.3 Å². The largest absolute Gasteiger partial charge is 0.507 e. The van der Waals surface area contributed by atoms with Crippen LogP contribution in [0.4, 0.5) is 0 Å². The Morgan fingerprint density at radius 1 is 1.45 bits per heavy atom. The van der Waals surface area contributed by atoms with Gasteiger partial charge in [0.05, 0.1) is 0 Å². The normalized spacial score (nSPS) is 22.3. The van der Waals surface area contributed by atoms with E-state index in [0.717, 1.165) is 18.7 Å². The molecular formula is C14H15N3O3. The summed E-state index contributed by atoms with van der Waals surface area (Å²) in [6.45, 7) is 1.39. The monoisotopic (exact) mass is 273 g/mol. The predicted octanol–water partition coefficient (Wildman–Crippen LogP) is 0.753. The zero-order valence-corrected chi connectivity index (χ0v) is 10.9. The van der Waals surface area contributed by atoms with Crippen LogP contribution in [-0.4, -0.2) is 41.1 Å². The molecule has 3 rings (SSSR count). The van der Waals surface area contributed by atoms with Crippen molar-refractivity contribution in [1.29, 1.82) is 0 Å². The predicted molar refractivity (Wildman–Crippen MR) is 72.4 cm³/mol. The summed E-state index contributed by atoms with van der Waals surface area (Å²) in [6, 6.07) is 5.50. The standard InChI is InChI=1S/C14H15N3O3/c18-12-10(8-9-4-1-2-5-15-9)20-14(19)11(12)13-16-6-3-7-17-13/h1-2,4-5,10,18H,3,6-8H2,(H,16,17). The second-order valence-electron chi connectivity index (χ2n) is 4.69. The van der Waals surface area contributed by atoms with Gasteiger partial charge in [0.15, 0.2) is 11.9 Å². The highest BCUT2D eigenvalue weighted by Crippen LogP contribution is 2.24. The second-order valence-corrected chi connectivity index (χ2v) is 4.69. The summed E-state index contributed by atoms with van der Waals surface area (Å²) in [5.41, 5.74) is 0.919. The average molecular weight is 273 g/mol. The second kappa shape index (κ2) is 5.32. The van der Waals surface area contributed by atoms with Crippen LogP contribution in [0.5, 0.6) is 0 Å². The molecule has 104 valence electrons. The van der Waals surface area contributed by atoms with E-state index in [0.29, 0.717) is 18.8 Å². The number of hydrogen-bond donors (Lipinski definition) is 2. The molecule has 1 atom stereocenters. The summed E-state index contributed by atoms with van der Waals surface area (Å²) in [6.07, 6.45) is 2.26. The SMILES string of the molecule is O=C1OC(Cc2ccccn2)C(O)=C1C1=NCCCN1. The lowest BCUT2D eigenvalue weighted by Gasteiger charge is -2.13. The van der Waals surface area contributed by atoms with Gasteiger partial charge in [0, 0.05) is 31.4 Å². The molecule has 0 bridgehead atoms. The summed E-state index contributed by atoms with van der Waals surface area (Å²) in [4.78, 5) is 20.3. The Labute approximate surface area is 116 Å². The van der Waals surface area contributed by atoms with Gasteiger partial charge in [-0.1, -0.05) is 6.07 Å². The van der Waals surface area contributed by atoms with E-state index in [1.807, 2.05) is 18.2 Å². The van der Waals surface area contributed by atoms with Crippen molar-refractivity contribution >= 4 is 11.8 Å². The third-order valence-electron chi connectivity index (χ3n) is 3.27. The number of nitrogens with zero attached hydrogens (tertiary/aromatic N) is 2. The minimum Gasteiger partial charge on any atom is -0.507 e. The van der Waals surface area contributed by atoms with Crippen LogP contribution in [0.15, 0.2) is 40.7 Å². The molecular weight excluding hydrogens is 258 g/mol. The molecule has 1 aromatic rings. The van der Waals surface area contributed by atoms with Crippen LogP contribution in [-0.2, 0) is 16.0 Å². The first-order valence-electron chi connectivity index (χ1n) is 6.58. The maximum absolute atomic E-state index is 11.9. The van der Waals surface area contributed by atoms with Gasteiger partial charge in [0.25, 0.3) is 0 Å². The van der Waals surface area contributed by atoms with E-state index in [-0.39, 0.29) is 11.3 Å². The first-order chi connectivity index (χ1) is 9.75. The third-order valence-corrected chi connectivity index (χ3v) is 3.27. The Bertz CT molecular complexity index is 581. The number of ether oxygens (including phenoxy) is 1. The number of aromatic nitrogens is 1. The van der Waals surface area contributed by atoms with Crippen LogP contribution in [0, 0.1) is 0 Å². The fourth-order valence-electron chi connectivity index (χ4n) is 2.27. The van der Waals surface area contributed by atoms with Gasteiger partial charge in [-0.15, -0.1) is 0 Å². The third kappa shape index (κ3) is 2.36. The van der Waals surface area contributed by atoms with Crippen LogP contribution in [0.2, 0.25) is 0 Å². The van der Waals surface area contributed by atoms with E-state index in [4.69, 9.17) is 4.74 Å². The molecule has 0 fully saturated rings. The Kier molecular flexibility index (Phi) is 3.37. The number of carbonyl (C=O) groups excluding carboxylic acids is 1. The molecule has 0 saturated carbocycles. The number of cyclic esters (lactones) is 1. The van der Waals surface area contributed by atoms with Crippen molar-refractivity contribution in [1.82, 2.24) is 10.3 Å². The maximum Gasteiger partial charge on any atom is 0.346 e. The molecule has 6 heteroatoms. The minimum atomic E-state index is -0.682. The van der Waals surface area contributed by atoms with Gasteiger partial charge in [0.2, 0.25) is 0 Å². The Morgan fingerprint density at radius 2 is 2.35 bits per heavy atom. The smallest absolute Gasteiger partial charge is 0.346 e. The molecule has 6 nitrogen and oxygen atoms in total. The van der Waals surface area contributed by atoms with Crippen molar-refractivity contribution in [2.75, 3.05) is 13.1 Å². The lowest BCUT2D eigenvalue weighted by Crippen LogP contribution is -2.33. The minimum absolute atomic E-state index is 0.0613. The van der Waals surface area contributed by atoms with E-state index >= 15 is 0 Å². The molecule has 0 spiro atoms. The molecule has 0 aliphatic carbocycles. The van der Waals surface area contributed by atoms with Crippen LogP contribution in [0.1, 0.15) is 12.1 Å². The lowest BCUT2D eigenvalue weighted by atomic mass is 10.1. The number of aliphatic hydroxyl groups is 1. The Balaban J connectivity index is 1.83. The number of esters is 1. The molecule has 2 aliphatic rings. The number of aliphatic imine (C=N–C) groups is 1. The van der Waals surface area contributed by atoms with Gasteiger partial charge in [-0.25, -0.2) is 4.79 Å². The van der Waals surface area contributed by atoms with Crippen LogP contribution < -0.4 is 5.32 Å². The summed E-state index contributed by atoms with van der Waals surface area (Å²) < 4.78 is 5.22. The van der Waals surface area contributed by atoms with E-state index in [1.165, 1.54) is 0 Å². The zero-order valence-electron chi connectivity index (χ0n) is 10.9. The summed E-state index contributed by atoms with van der Waals surface area (Å²) in [7, 11) is 0. The number of amidine groups is 1. The first kappa shape index (κ1) is 12.7. The maximum atomic E-state index is 11.9. The van der Waals surface area contributed by atoms with Gasteiger partial charge in [-0.3, -0.25) is 9.98 Å². The molecule has 0 saturated heterocycles. The van der Waals surface area contributed by atoms with Gasteiger partial charge in [-0.05, 0) is 18.6 Å². The molecule has 0 amide bonds. The van der Waals surface area contributed by atoms with Crippen LogP contribution in [0.3, 0.4) is 0 Å². The van der Waals surface area contributed by atoms with Crippen molar-refractivity contribution in [3.63, 3.8) is 0 Å². The summed E-state index contributed by atoms with van der Waals surface area (Å²) in [5.74, 6) is -0.160. The molecule has 2 N–H and O–H groups in total. The zero-order chi connectivity index (χ0) is 13.9. The fraction of sp³-hybridized carbons (Fsp3) is 0.357. The molecule has 0 radical (unpaired) electrons. The quantitative estimate of drug-likeness (QED) is 0.794. The van der Waals surface area contributed by atoms with Crippen molar-refractivity contribution < 1.29 is 14.6 Å². The number of nitrogens with one attached hydrogen (secondary N) is 1. The fourth-order valence-corrected chi connectivity index (χ4v) is 2.27. The number of rotatable bonds is 3. The molecule has 0 aromatic carbocycles. The highest BCUT2D eigenvalue weighted by molar-refractivity contribution is 6.20. The Hall–Kier alpha value is -2.37. The van der Waals surface area contributed by atoms with Gasteiger partial charge < -0.3 is 15.2 Å². The highest BCUT2D eigenvalue weighted by atomic mass is 16.6. The van der Waals surface area contributed by atoms with Crippen LogP contribution >= 0.6 is 0 Å². The number of carbonyl (C=O) groups is 1.